The number of anilines is 1. The maximum Gasteiger partial charge on any atom is 0.354 e. The number of benzene rings is 1. The Labute approximate surface area is 125 Å². The lowest BCUT2D eigenvalue weighted by atomic mass is 10.2. The Hall–Kier alpha value is -3.23. The van der Waals surface area contributed by atoms with Crippen LogP contribution in [-0.4, -0.2) is 46.4 Å². The first-order valence-corrected chi connectivity index (χ1v) is 6.12. The molecule has 0 fully saturated rings. The molecule has 0 aliphatic heterocycles. The van der Waals surface area contributed by atoms with Crippen LogP contribution in [-0.2, 0) is 19.1 Å². The predicted molar refractivity (Wildman–Crippen MR) is 74.9 cm³/mol. The summed E-state index contributed by atoms with van der Waals surface area (Å²) >= 11 is 0. The topological polar surface area (TPSA) is 108 Å². The van der Waals surface area contributed by atoms with E-state index in [0.717, 1.165) is 11.8 Å². The van der Waals surface area contributed by atoms with E-state index in [4.69, 9.17) is 0 Å². The Kier molecular flexibility index (Phi) is 4.81. The fraction of sp³-hybridized carbons (Fsp3) is 0.154. The lowest BCUT2D eigenvalue weighted by molar-refractivity contribution is -0.138. The molecule has 0 saturated heterocycles. The lowest BCUT2D eigenvalue weighted by Crippen LogP contribution is -2.15. The van der Waals surface area contributed by atoms with E-state index in [1.807, 2.05) is 0 Å². The number of carbonyl (C=O) groups is 2. The Morgan fingerprint density at radius 1 is 1.18 bits per heavy atom. The number of rotatable bonds is 5. The van der Waals surface area contributed by atoms with E-state index in [-0.39, 0.29) is 5.70 Å². The van der Waals surface area contributed by atoms with Crippen LogP contribution in [0.15, 0.2) is 42.4 Å². The molecule has 2 aromatic rings. The number of ether oxygens (including phenoxy) is 2. The summed E-state index contributed by atoms with van der Waals surface area (Å²) < 4.78 is 10.6. The molecule has 0 amide bonds. The fourth-order valence-electron chi connectivity index (χ4n) is 1.57. The fourth-order valence-corrected chi connectivity index (χ4v) is 1.57. The van der Waals surface area contributed by atoms with Crippen LogP contribution in [0.2, 0.25) is 0 Å². The van der Waals surface area contributed by atoms with Gasteiger partial charge in [-0.3, -0.25) is 0 Å². The summed E-state index contributed by atoms with van der Waals surface area (Å²) in [6, 6.07) is 6.88. The summed E-state index contributed by atoms with van der Waals surface area (Å²) in [6.45, 7) is 0. The highest BCUT2D eigenvalue weighted by Crippen LogP contribution is 2.14. The smallest absolute Gasteiger partial charge is 0.354 e. The molecule has 1 heterocycles. The number of esters is 2. The van der Waals surface area contributed by atoms with Crippen molar-refractivity contribution in [2.45, 2.75) is 0 Å². The van der Waals surface area contributed by atoms with Gasteiger partial charge in [0.15, 0.2) is 0 Å². The van der Waals surface area contributed by atoms with Crippen LogP contribution in [0, 0.1) is 0 Å². The highest BCUT2D eigenvalue weighted by molar-refractivity contribution is 5.98. The average Bonchev–Trinajstić information content (AvgIpc) is 3.08. The van der Waals surface area contributed by atoms with Gasteiger partial charge in [0.1, 0.15) is 12.0 Å². The Morgan fingerprint density at radius 2 is 1.91 bits per heavy atom. The van der Waals surface area contributed by atoms with Crippen LogP contribution in [0.4, 0.5) is 5.69 Å². The molecule has 1 N–H and O–H groups in total. The van der Waals surface area contributed by atoms with Gasteiger partial charge < -0.3 is 14.8 Å². The van der Waals surface area contributed by atoms with Gasteiger partial charge in [-0.2, -0.15) is 0 Å². The van der Waals surface area contributed by atoms with E-state index in [0.29, 0.717) is 5.69 Å². The Bertz CT molecular complexity index is 679. The van der Waals surface area contributed by atoms with Crippen molar-refractivity contribution in [1.29, 1.82) is 0 Å². The first kappa shape index (κ1) is 15.2. The number of methoxy groups -OCH3 is 2. The first-order chi connectivity index (χ1) is 10.6. The van der Waals surface area contributed by atoms with Crippen molar-refractivity contribution in [1.82, 2.24) is 20.2 Å². The second-order valence-electron chi connectivity index (χ2n) is 4.00. The summed E-state index contributed by atoms with van der Waals surface area (Å²) in [7, 11) is 2.44. The molecule has 0 bridgehead atoms. The third-order valence-electron chi connectivity index (χ3n) is 2.63. The number of hydrogen-bond donors (Lipinski definition) is 1. The van der Waals surface area contributed by atoms with Crippen LogP contribution < -0.4 is 5.32 Å². The Balaban J connectivity index is 2.18. The van der Waals surface area contributed by atoms with Crippen molar-refractivity contribution in [3.05, 3.63) is 42.4 Å². The van der Waals surface area contributed by atoms with E-state index in [2.05, 4.69) is 30.3 Å². The number of tetrazole rings is 1. The number of nitrogens with zero attached hydrogens (tertiary/aromatic N) is 4. The third kappa shape index (κ3) is 3.66. The average molecular weight is 303 g/mol. The molecule has 1 aromatic carbocycles. The molecule has 0 saturated carbocycles. The van der Waals surface area contributed by atoms with Crippen molar-refractivity contribution in [3.8, 4) is 5.69 Å². The molecule has 9 heteroatoms. The zero-order valence-electron chi connectivity index (χ0n) is 11.9. The summed E-state index contributed by atoms with van der Waals surface area (Å²) in [6.07, 6.45) is 2.47. The van der Waals surface area contributed by atoms with Gasteiger partial charge in [0, 0.05) is 5.69 Å². The van der Waals surface area contributed by atoms with Crippen molar-refractivity contribution < 1.29 is 19.1 Å². The van der Waals surface area contributed by atoms with Gasteiger partial charge in [-0.25, -0.2) is 14.3 Å². The molecule has 0 atom stereocenters. The molecule has 0 aliphatic rings. The normalized spacial score (nSPS) is 10.9. The quantitative estimate of drug-likeness (QED) is 0.621. The molecule has 9 nitrogen and oxygen atoms in total. The molecule has 0 spiro atoms. The number of hydrogen-bond acceptors (Lipinski definition) is 8. The minimum absolute atomic E-state index is 0.0375. The highest BCUT2D eigenvalue weighted by atomic mass is 16.5. The highest BCUT2D eigenvalue weighted by Gasteiger charge is 2.12. The monoisotopic (exact) mass is 303 g/mol. The molecule has 0 radical (unpaired) electrons. The summed E-state index contributed by atoms with van der Waals surface area (Å²) in [5.74, 6) is -1.35. The van der Waals surface area contributed by atoms with Crippen molar-refractivity contribution in [2.75, 3.05) is 19.5 Å². The van der Waals surface area contributed by atoms with E-state index in [1.54, 1.807) is 24.3 Å². The summed E-state index contributed by atoms with van der Waals surface area (Å²) in [4.78, 5) is 22.9. The van der Waals surface area contributed by atoms with Crippen molar-refractivity contribution in [3.63, 3.8) is 0 Å². The SMILES string of the molecule is COC(=O)/C=C(/Nc1ccc(-n2cnnn2)cc1)C(=O)OC. The van der Waals surface area contributed by atoms with Crippen LogP contribution >= 0.6 is 0 Å². The van der Waals surface area contributed by atoms with Crippen LogP contribution in [0.3, 0.4) is 0 Å². The molecule has 114 valence electrons. The maximum absolute atomic E-state index is 11.6. The molecule has 0 aliphatic carbocycles. The van der Waals surface area contributed by atoms with E-state index in [1.165, 1.54) is 25.2 Å². The van der Waals surface area contributed by atoms with Gasteiger partial charge in [-0.15, -0.1) is 5.10 Å². The molecule has 0 unspecified atom stereocenters. The van der Waals surface area contributed by atoms with Crippen LogP contribution in [0.5, 0.6) is 0 Å². The van der Waals surface area contributed by atoms with Gasteiger partial charge in [-0.1, -0.05) is 0 Å². The van der Waals surface area contributed by atoms with E-state index in [9.17, 15) is 9.59 Å². The van der Waals surface area contributed by atoms with Crippen LogP contribution in [0.1, 0.15) is 0 Å². The van der Waals surface area contributed by atoms with Crippen LogP contribution in [0.25, 0.3) is 5.69 Å². The van der Waals surface area contributed by atoms with Gasteiger partial charge >= 0.3 is 11.9 Å². The summed E-state index contributed by atoms with van der Waals surface area (Å²) in [5.41, 5.74) is 1.29. The van der Waals surface area contributed by atoms with Gasteiger partial charge in [-0.05, 0) is 34.7 Å². The zero-order chi connectivity index (χ0) is 15.9. The van der Waals surface area contributed by atoms with Gasteiger partial charge in [0.25, 0.3) is 0 Å². The summed E-state index contributed by atoms with van der Waals surface area (Å²) in [5, 5.41) is 13.6. The number of nitrogens with one attached hydrogen (secondary N) is 1. The molecule has 22 heavy (non-hydrogen) atoms. The molecule has 1 aromatic heterocycles. The van der Waals surface area contributed by atoms with Crippen molar-refractivity contribution >= 4 is 17.6 Å². The molecular formula is C13H13N5O4. The first-order valence-electron chi connectivity index (χ1n) is 6.12. The molecule has 2 rings (SSSR count). The second kappa shape index (κ2) is 6.97. The van der Waals surface area contributed by atoms with Crippen molar-refractivity contribution in [2.24, 2.45) is 0 Å². The Morgan fingerprint density at radius 3 is 2.45 bits per heavy atom. The standard InChI is InChI=1S/C13H13N5O4/c1-21-12(19)7-11(13(20)22-2)15-9-3-5-10(6-4-9)18-8-14-16-17-18/h3-8,15H,1-2H3/b11-7+. The van der Waals surface area contributed by atoms with E-state index < -0.39 is 11.9 Å². The number of aromatic nitrogens is 4. The predicted octanol–water partition coefficient (Wildman–Crippen LogP) is 0.304. The largest absolute Gasteiger partial charge is 0.466 e. The minimum atomic E-state index is -0.685. The van der Waals surface area contributed by atoms with Gasteiger partial charge in [0.2, 0.25) is 0 Å². The third-order valence-corrected chi connectivity index (χ3v) is 2.63. The van der Waals surface area contributed by atoms with Gasteiger partial charge in [0.05, 0.1) is 26.0 Å². The zero-order valence-corrected chi connectivity index (χ0v) is 11.9. The maximum atomic E-state index is 11.6. The van der Waals surface area contributed by atoms with E-state index >= 15 is 0 Å². The number of carbonyl (C=O) groups excluding carboxylic acids is 2. The lowest BCUT2D eigenvalue weighted by Gasteiger charge is -2.09. The molecular weight excluding hydrogens is 290 g/mol. The minimum Gasteiger partial charge on any atom is -0.466 e. The second-order valence-corrected chi connectivity index (χ2v) is 4.00.